The zero-order valence-electron chi connectivity index (χ0n) is 16.2. The van der Waals surface area contributed by atoms with Gasteiger partial charge in [0.2, 0.25) is 5.91 Å². The van der Waals surface area contributed by atoms with E-state index in [2.05, 4.69) is 45.4 Å². The van der Waals surface area contributed by atoms with Crippen molar-refractivity contribution in [1.82, 2.24) is 9.80 Å². The molecular weight excluding hydrogens is 354 g/mol. The molecule has 0 bridgehead atoms. The number of benzene rings is 1. The Labute approximate surface area is 166 Å². The summed E-state index contributed by atoms with van der Waals surface area (Å²) in [5, 5.41) is 4.20. The molecule has 0 spiro atoms. The maximum Gasteiger partial charge on any atom is 0.221 e. The molecule has 0 atom stereocenters. The van der Waals surface area contributed by atoms with Crippen LogP contribution in [-0.2, 0) is 30.7 Å². The Bertz CT molecular complexity index is 778. The van der Waals surface area contributed by atoms with Crippen molar-refractivity contribution in [3.63, 3.8) is 0 Å². The molecule has 2 aliphatic rings. The van der Waals surface area contributed by atoms with Crippen molar-refractivity contribution in [1.29, 1.82) is 0 Å². The average molecular weight is 384 g/mol. The van der Waals surface area contributed by atoms with E-state index in [9.17, 15) is 4.79 Å². The molecule has 1 aromatic carbocycles. The second-order valence-electron chi connectivity index (χ2n) is 7.74. The van der Waals surface area contributed by atoms with Crippen molar-refractivity contribution in [2.45, 2.75) is 45.7 Å². The molecule has 5 heteroatoms. The first kappa shape index (κ1) is 18.7. The summed E-state index contributed by atoms with van der Waals surface area (Å²) in [6, 6.07) is 10.7. The standard InChI is InChI=1S/C22H29N3OS/c1-17(26)23-22-20(19-9-5-6-10-21(19)27-22)16-25-13-11-24(12-14-25)15-18-7-3-2-4-8-18/h2-4,7-8H,5-6,9-16H2,1H3,(H,23,26). The minimum atomic E-state index is 0.0440. The van der Waals surface area contributed by atoms with E-state index >= 15 is 0 Å². The molecule has 2 aromatic rings. The van der Waals surface area contributed by atoms with Crippen LogP contribution in [0, 0.1) is 0 Å². The van der Waals surface area contributed by atoms with Gasteiger partial charge in [-0.1, -0.05) is 30.3 Å². The third-order valence-electron chi connectivity index (χ3n) is 5.67. The minimum absolute atomic E-state index is 0.0440. The highest BCUT2D eigenvalue weighted by Crippen LogP contribution is 2.39. The van der Waals surface area contributed by atoms with Crippen LogP contribution in [0.15, 0.2) is 30.3 Å². The van der Waals surface area contributed by atoms with Gasteiger partial charge in [-0.25, -0.2) is 0 Å². The lowest BCUT2D eigenvalue weighted by Crippen LogP contribution is -2.45. The molecule has 1 aliphatic carbocycles. The molecule has 2 heterocycles. The highest BCUT2D eigenvalue weighted by Gasteiger charge is 2.24. The molecular formula is C22H29N3OS. The first-order valence-electron chi connectivity index (χ1n) is 10.1. The molecule has 1 amide bonds. The van der Waals surface area contributed by atoms with Crippen molar-refractivity contribution >= 4 is 22.2 Å². The topological polar surface area (TPSA) is 35.6 Å². The molecule has 4 nitrogen and oxygen atoms in total. The van der Waals surface area contributed by atoms with Gasteiger partial charge in [-0.05, 0) is 36.8 Å². The lowest BCUT2D eigenvalue weighted by Gasteiger charge is -2.35. The Morgan fingerprint density at radius 2 is 1.67 bits per heavy atom. The van der Waals surface area contributed by atoms with E-state index in [0.29, 0.717) is 0 Å². The molecule has 4 rings (SSSR count). The fourth-order valence-electron chi connectivity index (χ4n) is 4.23. The van der Waals surface area contributed by atoms with Crippen molar-refractivity contribution in [2.75, 3.05) is 31.5 Å². The molecule has 0 saturated carbocycles. The number of amides is 1. The van der Waals surface area contributed by atoms with Crippen molar-refractivity contribution in [3.8, 4) is 0 Å². The fourth-order valence-corrected chi connectivity index (χ4v) is 5.58. The van der Waals surface area contributed by atoms with Crippen LogP contribution in [0.1, 0.15) is 41.3 Å². The average Bonchev–Trinajstić information content (AvgIpc) is 3.01. The lowest BCUT2D eigenvalue weighted by molar-refractivity contribution is -0.114. The molecule has 0 unspecified atom stereocenters. The van der Waals surface area contributed by atoms with Gasteiger partial charge in [0.25, 0.3) is 0 Å². The highest BCUT2D eigenvalue weighted by molar-refractivity contribution is 7.16. The van der Waals surface area contributed by atoms with Gasteiger partial charge in [-0.2, -0.15) is 0 Å². The predicted octanol–water partition coefficient (Wildman–Crippen LogP) is 3.90. The van der Waals surface area contributed by atoms with Crippen LogP contribution in [0.25, 0.3) is 0 Å². The molecule has 1 fully saturated rings. The van der Waals surface area contributed by atoms with Crippen LogP contribution in [0.4, 0.5) is 5.00 Å². The summed E-state index contributed by atoms with van der Waals surface area (Å²) < 4.78 is 0. The number of hydrogen-bond donors (Lipinski definition) is 1. The number of aryl methyl sites for hydroxylation is 1. The van der Waals surface area contributed by atoms with Gasteiger partial charge in [0, 0.05) is 56.6 Å². The number of hydrogen-bond acceptors (Lipinski definition) is 4. The monoisotopic (exact) mass is 383 g/mol. The zero-order chi connectivity index (χ0) is 18.6. The summed E-state index contributed by atoms with van der Waals surface area (Å²) in [4.78, 5) is 18.3. The summed E-state index contributed by atoms with van der Waals surface area (Å²) >= 11 is 1.81. The van der Waals surface area contributed by atoms with E-state index in [1.54, 1.807) is 6.92 Å². The molecule has 1 saturated heterocycles. The molecule has 0 radical (unpaired) electrons. The summed E-state index contributed by atoms with van der Waals surface area (Å²) in [7, 11) is 0. The summed E-state index contributed by atoms with van der Waals surface area (Å²) in [6.07, 6.45) is 4.91. The third-order valence-corrected chi connectivity index (χ3v) is 6.92. The number of thiophene rings is 1. The van der Waals surface area contributed by atoms with E-state index < -0.39 is 0 Å². The number of nitrogens with zero attached hydrogens (tertiary/aromatic N) is 2. The number of carbonyl (C=O) groups is 1. The summed E-state index contributed by atoms with van der Waals surface area (Å²) in [5.41, 5.74) is 4.31. The number of nitrogens with one attached hydrogen (secondary N) is 1. The SMILES string of the molecule is CC(=O)Nc1sc2c(c1CN1CCN(Cc3ccccc3)CC1)CCCC2. The van der Waals surface area contributed by atoms with Gasteiger partial charge in [-0.3, -0.25) is 14.6 Å². The van der Waals surface area contributed by atoms with Gasteiger partial charge in [0.15, 0.2) is 0 Å². The fraction of sp³-hybridized carbons (Fsp3) is 0.500. The van der Waals surface area contributed by atoms with Gasteiger partial charge in [-0.15, -0.1) is 11.3 Å². The number of piperazine rings is 1. The Balaban J connectivity index is 1.40. The molecule has 27 heavy (non-hydrogen) atoms. The first-order valence-corrected chi connectivity index (χ1v) is 10.9. The van der Waals surface area contributed by atoms with Gasteiger partial charge < -0.3 is 5.32 Å². The van der Waals surface area contributed by atoms with E-state index in [4.69, 9.17) is 0 Å². The molecule has 1 aliphatic heterocycles. The number of anilines is 1. The van der Waals surface area contributed by atoms with Crippen molar-refractivity contribution in [3.05, 3.63) is 51.9 Å². The molecule has 144 valence electrons. The summed E-state index contributed by atoms with van der Waals surface area (Å²) in [5.74, 6) is 0.0440. The van der Waals surface area contributed by atoms with Gasteiger partial charge in [0.1, 0.15) is 0 Å². The Morgan fingerprint density at radius 3 is 2.37 bits per heavy atom. The van der Waals surface area contributed by atoms with Crippen LogP contribution in [0.5, 0.6) is 0 Å². The van der Waals surface area contributed by atoms with Crippen LogP contribution in [0.3, 0.4) is 0 Å². The third kappa shape index (κ3) is 4.60. The second kappa shape index (κ2) is 8.55. The van der Waals surface area contributed by atoms with Gasteiger partial charge in [0.05, 0.1) is 5.00 Å². The normalized spacial score (nSPS) is 18.3. The number of fused-ring (bicyclic) bond motifs is 1. The Kier molecular flexibility index (Phi) is 5.91. The Hall–Kier alpha value is -1.69. The second-order valence-corrected chi connectivity index (χ2v) is 8.84. The van der Waals surface area contributed by atoms with E-state index in [-0.39, 0.29) is 5.91 Å². The maximum absolute atomic E-state index is 11.7. The lowest BCUT2D eigenvalue weighted by atomic mass is 9.95. The number of carbonyl (C=O) groups excluding carboxylic acids is 1. The Morgan fingerprint density at radius 1 is 1.00 bits per heavy atom. The van der Waals surface area contributed by atoms with Crippen molar-refractivity contribution in [2.24, 2.45) is 0 Å². The van der Waals surface area contributed by atoms with E-state index in [1.165, 1.54) is 47.3 Å². The van der Waals surface area contributed by atoms with E-state index in [0.717, 1.165) is 44.3 Å². The maximum atomic E-state index is 11.7. The molecule has 1 N–H and O–H groups in total. The van der Waals surface area contributed by atoms with Crippen LogP contribution < -0.4 is 5.32 Å². The smallest absolute Gasteiger partial charge is 0.221 e. The van der Waals surface area contributed by atoms with Crippen LogP contribution in [-0.4, -0.2) is 41.9 Å². The molecule has 1 aromatic heterocycles. The first-order chi connectivity index (χ1) is 13.2. The highest BCUT2D eigenvalue weighted by atomic mass is 32.1. The van der Waals surface area contributed by atoms with Crippen LogP contribution in [0.2, 0.25) is 0 Å². The number of rotatable bonds is 5. The largest absolute Gasteiger partial charge is 0.318 e. The predicted molar refractivity (Wildman–Crippen MR) is 112 cm³/mol. The summed E-state index contributed by atoms with van der Waals surface area (Å²) in [6.45, 7) is 8.03. The minimum Gasteiger partial charge on any atom is -0.318 e. The van der Waals surface area contributed by atoms with Crippen molar-refractivity contribution < 1.29 is 4.79 Å². The van der Waals surface area contributed by atoms with Gasteiger partial charge >= 0.3 is 0 Å². The van der Waals surface area contributed by atoms with E-state index in [1.807, 2.05) is 11.3 Å². The quantitative estimate of drug-likeness (QED) is 0.850. The van der Waals surface area contributed by atoms with Crippen LogP contribution >= 0.6 is 11.3 Å². The zero-order valence-corrected chi connectivity index (χ0v) is 17.0.